The van der Waals surface area contributed by atoms with Crippen LogP contribution in [0.2, 0.25) is 10.0 Å². The Morgan fingerprint density at radius 1 is 0.800 bits per heavy atom. The molecule has 0 aliphatic carbocycles. The molecule has 4 rings (SSSR count). The SMILES string of the molecule is Cc1cc(Cl)ccc1N(CC(=O)N(Cc1cccc(Cl)c1)C(Cc1ccccc1)C(=O)NC(C)(C)C)S(=O)(=O)c1ccccc1. The molecule has 7 nitrogen and oxygen atoms in total. The molecule has 4 aromatic carbocycles. The summed E-state index contributed by atoms with van der Waals surface area (Å²) in [6.45, 7) is 6.79. The van der Waals surface area contributed by atoms with Gasteiger partial charge in [0.1, 0.15) is 12.6 Å². The van der Waals surface area contributed by atoms with Crippen molar-refractivity contribution in [1.29, 1.82) is 0 Å². The standard InChI is InChI=1S/C35H37Cl2N3O4S/c1-25-20-29(37)18-19-31(25)40(45(43,44)30-16-9-6-10-17-30)24-33(41)39(23-27-14-11-15-28(36)21-27)32(34(42)38-35(2,3)4)22-26-12-7-5-8-13-26/h5-21,32H,22-24H2,1-4H3,(H,38,42). The number of halogens is 2. The largest absolute Gasteiger partial charge is 0.350 e. The molecular formula is C35H37Cl2N3O4S. The number of amides is 2. The van der Waals surface area contributed by atoms with E-state index < -0.39 is 34.1 Å². The van der Waals surface area contributed by atoms with E-state index in [0.717, 1.165) is 9.87 Å². The second kappa shape index (κ2) is 14.5. The average molecular weight is 667 g/mol. The summed E-state index contributed by atoms with van der Waals surface area (Å²) in [5.74, 6) is -0.921. The number of hydrogen-bond donors (Lipinski definition) is 1. The lowest BCUT2D eigenvalue weighted by molar-refractivity contribution is -0.140. The summed E-state index contributed by atoms with van der Waals surface area (Å²) in [7, 11) is -4.21. The predicted octanol–water partition coefficient (Wildman–Crippen LogP) is 7.05. The van der Waals surface area contributed by atoms with Gasteiger partial charge in [-0.25, -0.2) is 8.42 Å². The van der Waals surface area contributed by atoms with Crippen LogP contribution in [-0.2, 0) is 32.6 Å². The number of hydrogen-bond acceptors (Lipinski definition) is 4. The minimum absolute atomic E-state index is 0.0211. The molecule has 45 heavy (non-hydrogen) atoms. The third kappa shape index (κ3) is 9.10. The van der Waals surface area contributed by atoms with Gasteiger partial charge >= 0.3 is 0 Å². The Labute approximate surface area is 275 Å². The van der Waals surface area contributed by atoms with E-state index >= 15 is 0 Å². The maximum atomic E-state index is 14.6. The van der Waals surface area contributed by atoms with Crippen LogP contribution in [0.15, 0.2) is 108 Å². The molecule has 2 amide bonds. The van der Waals surface area contributed by atoms with Crippen LogP contribution in [0.3, 0.4) is 0 Å². The molecule has 0 fully saturated rings. The molecule has 0 saturated heterocycles. The lowest BCUT2D eigenvalue weighted by Crippen LogP contribution is -2.56. The van der Waals surface area contributed by atoms with Gasteiger partial charge in [0.05, 0.1) is 10.6 Å². The smallest absolute Gasteiger partial charge is 0.264 e. The third-order valence-electron chi connectivity index (χ3n) is 7.05. The van der Waals surface area contributed by atoms with Crippen molar-refractivity contribution in [2.45, 2.75) is 57.1 Å². The Morgan fingerprint density at radius 3 is 2.00 bits per heavy atom. The molecule has 1 atom stereocenters. The average Bonchev–Trinajstić information content (AvgIpc) is 2.98. The van der Waals surface area contributed by atoms with Crippen molar-refractivity contribution in [3.8, 4) is 0 Å². The van der Waals surface area contributed by atoms with Crippen molar-refractivity contribution in [1.82, 2.24) is 10.2 Å². The van der Waals surface area contributed by atoms with Gasteiger partial charge in [0.25, 0.3) is 10.0 Å². The van der Waals surface area contributed by atoms with Crippen molar-refractivity contribution in [3.05, 3.63) is 130 Å². The topological polar surface area (TPSA) is 86.8 Å². The number of carbonyl (C=O) groups is 2. The zero-order valence-electron chi connectivity index (χ0n) is 25.7. The van der Waals surface area contributed by atoms with E-state index in [0.29, 0.717) is 26.9 Å². The summed E-state index contributed by atoms with van der Waals surface area (Å²) in [5.41, 5.74) is 1.83. The van der Waals surface area contributed by atoms with Crippen LogP contribution in [0.5, 0.6) is 0 Å². The monoisotopic (exact) mass is 665 g/mol. The number of anilines is 1. The number of nitrogens with one attached hydrogen (secondary N) is 1. The number of sulfonamides is 1. The lowest BCUT2D eigenvalue weighted by Gasteiger charge is -2.35. The van der Waals surface area contributed by atoms with E-state index in [1.54, 1.807) is 61.5 Å². The first kappa shape index (κ1) is 34.0. The van der Waals surface area contributed by atoms with Crippen LogP contribution in [0.1, 0.15) is 37.5 Å². The summed E-state index contributed by atoms with van der Waals surface area (Å²) < 4.78 is 29.4. The van der Waals surface area contributed by atoms with Crippen molar-refractivity contribution in [3.63, 3.8) is 0 Å². The van der Waals surface area contributed by atoms with E-state index in [2.05, 4.69) is 5.32 Å². The molecule has 0 aliphatic rings. The first-order valence-corrected chi connectivity index (χ1v) is 16.7. The highest BCUT2D eigenvalue weighted by atomic mass is 35.5. The number of rotatable bonds is 11. The predicted molar refractivity (Wildman–Crippen MR) is 181 cm³/mol. The van der Waals surface area contributed by atoms with Gasteiger partial charge in [-0.2, -0.15) is 0 Å². The van der Waals surface area contributed by atoms with Gasteiger partial charge in [-0.05, 0) is 86.8 Å². The molecule has 0 radical (unpaired) electrons. The quantitative estimate of drug-likeness (QED) is 0.186. The first-order chi connectivity index (χ1) is 21.2. The van der Waals surface area contributed by atoms with Crippen LogP contribution in [0.25, 0.3) is 0 Å². The Hall–Kier alpha value is -3.85. The summed E-state index contributed by atoms with van der Waals surface area (Å²) in [5, 5.41) is 3.93. The van der Waals surface area contributed by atoms with Crippen LogP contribution in [0.4, 0.5) is 5.69 Å². The zero-order valence-corrected chi connectivity index (χ0v) is 28.0. The van der Waals surface area contributed by atoms with Gasteiger partial charge in [0.2, 0.25) is 11.8 Å². The van der Waals surface area contributed by atoms with Crippen LogP contribution >= 0.6 is 23.2 Å². The Morgan fingerprint density at radius 2 is 1.40 bits per heavy atom. The number of benzene rings is 4. The number of nitrogens with zero attached hydrogens (tertiary/aromatic N) is 2. The van der Waals surface area contributed by atoms with Gasteiger partial charge in [-0.1, -0.05) is 83.9 Å². The molecule has 0 aliphatic heterocycles. The van der Waals surface area contributed by atoms with Crippen molar-refractivity contribution in [2.24, 2.45) is 0 Å². The van der Waals surface area contributed by atoms with E-state index in [4.69, 9.17) is 23.2 Å². The lowest BCUT2D eigenvalue weighted by atomic mass is 10.0. The molecule has 0 heterocycles. The van der Waals surface area contributed by atoms with Crippen LogP contribution in [0, 0.1) is 6.92 Å². The molecule has 4 aromatic rings. The Balaban J connectivity index is 1.84. The Bertz CT molecular complexity index is 1740. The third-order valence-corrected chi connectivity index (χ3v) is 9.29. The minimum atomic E-state index is -4.21. The highest BCUT2D eigenvalue weighted by Gasteiger charge is 2.36. The van der Waals surface area contributed by atoms with Gasteiger partial charge in [-0.3, -0.25) is 13.9 Å². The summed E-state index contributed by atoms with van der Waals surface area (Å²) in [6, 6.07) is 28.2. The molecular weight excluding hydrogens is 629 g/mol. The van der Waals surface area contributed by atoms with E-state index in [1.165, 1.54) is 17.0 Å². The van der Waals surface area contributed by atoms with E-state index in [1.807, 2.05) is 57.2 Å². The molecule has 236 valence electrons. The fraction of sp³-hybridized carbons (Fsp3) is 0.257. The molecule has 1 unspecified atom stereocenters. The molecule has 0 aromatic heterocycles. The van der Waals surface area contributed by atoms with Gasteiger partial charge in [-0.15, -0.1) is 0 Å². The summed E-state index contributed by atoms with van der Waals surface area (Å²) >= 11 is 12.5. The molecule has 1 N–H and O–H groups in total. The number of aryl methyl sites for hydroxylation is 1. The highest BCUT2D eigenvalue weighted by Crippen LogP contribution is 2.30. The van der Waals surface area contributed by atoms with Gasteiger partial charge < -0.3 is 10.2 Å². The van der Waals surface area contributed by atoms with E-state index in [-0.39, 0.29) is 23.8 Å². The van der Waals surface area contributed by atoms with Crippen molar-refractivity contribution < 1.29 is 18.0 Å². The normalized spacial score (nSPS) is 12.3. The second-order valence-corrected chi connectivity index (χ2v) is 14.6. The van der Waals surface area contributed by atoms with Crippen molar-refractivity contribution >= 4 is 50.7 Å². The van der Waals surface area contributed by atoms with Gasteiger partial charge in [0.15, 0.2) is 0 Å². The van der Waals surface area contributed by atoms with Crippen LogP contribution in [-0.4, -0.2) is 43.3 Å². The molecule has 10 heteroatoms. The maximum absolute atomic E-state index is 14.6. The van der Waals surface area contributed by atoms with Crippen molar-refractivity contribution in [2.75, 3.05) is 10.8 Å². The molecule has 0 bridgehead atoms. The van der Waals surface area contributed by atoms with E-state index in [9.17, 15) is 18.0 Å². The van der Waals surface area contributed by atoms with Crippen LogP contribution < -0.4 is 9.62 Å². The number of carbonyl (C=O) groups excluding carboxylic acids is 2. The summed E-state index contributed by atoms with van der Waals surface area (Å²) in [6.07, 6.45) is 0.209. The fourth-order valence-electron chi connectivity index (χ4n) is 4.97. The highest BCUT2D eigenvalue weighted by molar-refractivity contribution is 7.92. The molecule has 0 spiro atoms. The molecule has 0 saturated carbocycles. The Kier molecular flexibility index (Phi) is 11.0. The second-order valence-electron chi connectivity index (χ2n) is 11.9. The fourth-order valence-corrected chi connectivity index (χ4v) is 6.91. The van der Waals surface area contributed by atoms with Gasteiger partial charge in [0, 0.05) is 28.5 Å². The zero-order chi connectivity index (χ0) is 32.8. The summed E-state index contributed by atoms with van der Waals surface area (Å²) in [4.78, 5) is 30.0. The first-order valence-electron chi connectivity index (χ1n) is 14.5. The minimum Gasteiger partial charge on any atom is -0.350 e. The maximum Gasteiger partial charge on any atom is 0.264 e.